The Morgan fingerprint density at radius 2 is 2.25 bits per heavy atom. The van der Waals surface area contributed by atoms with Gasteiger partial charge in [-0.1, -0.05) is 0 Å². The Morgan fingerprint density at radius 1 is 1.50 bits per heavy atom. The summed E-state index contributed by atoms with van der Waals surface area (Å²) in [6.07, 6.45) is 1.70. The van der Waals surface area contributed by atoms with E-state index in [1.165, 1.54) is 16.2 Å². The van der Waals surface area contributed by atoms with Gasteiger partial charge in [0.15, 0.2) is 11.7 Å². The van der Waals surface area contributed by atoms with Crippen molar-refractivity contribution >= 4 is 22.4 Å². The lowest BCUT2D eigenvalue weighted by molar-refractivity contribution is -0.999. The van der Waals surface area contributed by atoms with E-state index in [1.807, 2.05) is 5.38 Å². The fourth-order valence-corrected chi connectivity index (χ4v) is 2.43. The summed E-state index contributed by atoms with van der Waals surface area (Å²) < 4.78 is 0. The second kappa shape index (κ2) is 5.38. The van der Waals surface area contributed by atoms with Crippen molar-refractivity contribution in [3.05, 3.63) is 11.6 Å². The Hall–Kier alpha value is -0.980. The average molecular weight is 242 g/mol. The quantitative estimate of drug-likeness (QED) is 0.549. The first-order valence-corrected chi connectivity index (χ1v) is 6.46. The predicted octanol–water partition coefficient (Wildman–Crippen LogP) is -2.51. The van der Waals surface area contributed by atoms with Crippen LogP contribution in [-0.2, 0) is 4.79 Å². The second-order valence-electron chi connectivity index (χ2n) is 4.27. The van der Waals surface area contributed by atoms with Crippen molar-refractivity contribution in [2.75, 3.05) is 45.1 Å². The maximum Gasteiger partial charge on any atom is 0.281 e. The molecule has 1 aromatic heterocycles. The van der Waals surface area contributed by atoms with Crippen LogP contribution in [0.1, 0.15) is 0 Å². The number of aromatic nitrogens is 1. The van der Waals surface area contributed by atoms with Crippen molar-refractivity contribution < 1.29 is 14.6 Å². The van der Waals surface area contributed by atoms with Crippen LogP contribution in [0.5, 0.6) is 0 Å². The van der Waals surface area contributed by atoms with Crippen molar-refractivity contribution in [3.8, 4) is 0 Å². The maximum atomic E-state index is 11.7. The lowest BCUT2D eigenvalue weighted by atomic mass is 10.3. The molecule has 88 valence electrons. The van der Waals surface area contributed by atoms with Crippen LogP contribution >= 0.6 is 11.3 Å². The van der Waals surface area contributed by atoms with Gasteiger partial charge in [0.25, 0.3) is 5.91 Å². The molecule has 0 saturated carbocycles. The lowest BCUT2D eigenvalue weighted by Gasteiger charge is -2.26. The Morgan fingerprint density at radius 3 is 2.88 bits per heavy atom. The first kappa shape index (κ1) is 11.5. The number of quaternary nitrogens is 2. The van der Waals surface area contributed by atoms with E-state index in [9.17, 15) is 4.79 Å². The van der Waals surface area contributed by atoms with Crippen molar-refractivity contribution in [2.24, 2.45) is 0 Å². The molecule has 2 heterocycles. The minimum Gasteiger partial charge on any atom is -0.328 e. The number of amides is 1. The molecule has 0 unspecified atom stereocenters. The molecule has 1 aliphatic rings. The molecule has 16 heavy (non-hydrogen) atoms. The summed E-state index contributed by atoms with van der Waals surface area (Å²) >= 11 is 1.46. The molecule has 1 saturated heterocycles. The molecule has 1 aromatic rings. The maximum absolute atomic E-state index is 11.7. The summed E-state index contributed by atoms with van der Waals surface area (Å²) in [6.45, 7) is 5.03. The number of carbonyl (C=O) groups excluding carboxylic acids is 1. The summed E-state index contributed by atoms with van der Waals surface area (Å²) in [5, 5.41) is 5.38. The van der Waals surface area contributed by atoms with Gasteiger partial charge in [-0.05, 0) is 0 Å². The van der Waals surface area contributed by atoms with E-state index in [2.05, 4.69) is 17.3 Å². The molecule has 1 fully saturated rings. The van der Waals surface area contributed by atoms with Crippen LogP contribution in [0, 0.1) is 0 Å². The third kappa shape index (κ3) is 3.26. The molecule has 2 rings (SSSR count). The third-order valence-electron chi connectivity index (χ3n) is 2.90. The van der Waals surface area contributed by atoms with Gasteiger partial charge < -0.3 is 9.80 Å². The van der Waals surface area contributed by atoms with Crippen LogP contribution in [0.4, 0.5) is 5.13 Å². The first-order chi connectivity index (χ1) is 7.74. The van der Waals surface area contributed by atoms with E-state index < -0.39 is 0 Å². The highest BCUT2D eigenvalue weighted by molar-refractivity contribution is 7.13. The number of thiazole rings is 1. The fourth-order valence-electron chi connectivity index (χ4n) is 1.88. The highest BCUT2D eigenvalue weighted by Gasteiger charge is 2.22. The van der Waals surface area contributed by atoms with Crippen LogP contribution in [0.15, 0.2) is 11.6 Å². The third-order valence-corrected chi connectivity index (χ3v) is 3.59. The SMILES string of the molecule is C[NH+]1CC[NH+](CC(=O)Nc2nccs2)CC1. The van der Waals surface area contributed by atoms with Crippen LogP contribution in [-0.4, -0.2) is 50.7 Å². The van der Waals surface area contributed by atoms with Crippen LogP contribution in [0.3, 0.4) is 0 Å². The zero-order valence-corrected chi connectivity index (χ0v) is 10.3. The predicted molar refractivity (Wildman–Crippen MR) is 62.9 cm³/mol. The molecular weight excluding hydrogens is 224 g/mol. The lowest BCUT2D eigenvalue weighted by Crippen LogP contribution is -3.27. The van der Waals surface area contributed by atoms with Crippen molar-refractivity contribution in [3.63, 3.8) is 0 Å². The molecule has 1 amide bonds. The van der Waals surface area contributed by atoms with Gasteiger partial charge in [0, 0.05) is 11.6 Å². The van der Waals surface area contributed by atoms with Gasteiger partial charge in [-0.3, -0.25) is 10.1 Å². The molecule has 1 aliphatic heterocycles. The van der Waals surface area contributed by atoms with E-state index in [-0.39, 0.29) is 5.91 Å². The van der Waals surface area contributed by atoms with Crippen molar-refractivity contribution in [2.45, 2.75) is 0 Å². The normalized spacial score (nSPS) is 25.3. The zero-order valence-electron chi connectivity index (χ0n) is 9.45. The average Bonchev–Trinajstić information content (AvgIpc) is 2.74. The van der Waals surface area contributed by atoms with E-state index in [4.69, 9.17) is 0 Å². The number of hydrogen-bond donors (Lipinski definition) is 3. The summed E-state index contributed by atoms with van der Waals surface area (Å²) in [4.78, 5) is 18.7. The van der Waals surface area contributed by atoms with Crippen LogP contribution in [0.2, 0.25) is 0 Å². The summed E-state index contributed by atoms with van der Waals surface area (Å²) in [5.74, 6) is 0.0736. The van der Waals surface area contributed by atoms with Gasteiger partial charge >= 0.3 is 0 Å². The largest absolute Gasteiger partial charge is 0.328 e. The Balaban J connectivity index is 1.75. The first-order valence-electron chi connectivity index (χ1n) is 5.58. The van der Waals surface area contributed by atoms with Gasteiger partial charge in [0.1, 0.15) is 26.2 Å². The van der Waals surface area contributed by atoms with Gasteiger partial charge in [0.05, 0.1) is 7.05 Å². The van der Waals surface area contributed by atoms with Crippen LogP contribution in [0.25, 0.3) is 0 Å². The molecule has 0 spiro atoms. The molecular formula is C10H18N4OS+2. The standard InChI is InChI=1S/C10H16N4OS/c1-13-3-5-14(6-4-13)8-9(15)12-10-11-2-7-16-10/h2,7H,3-6,8H2,1H3,(H,11,12,15)/p+2. The van der Waals surface area contributed by atoms with E-state index in [1.54, 1.807) is 11.1 Å². The molecule has 0 bridgehead atoms. The highest BCUT2D eigenvalue weighted by atomic mass is 32.1. The van der Waals surface area contributed by atoms with E-state index >= 15 is 0 Å². The van der Waals surface area contributed by atoms with Gasteiger partial charge in [-0.25, -0.2) is 4.98 Å². The number of anilines is 1. The summed E-state index contributed by atoms with van der Waals surface area (Å²) in [7, 11) is 2.20. The Labute approximate surface area is 99.1 Å². The summed E-state index contributed by atoms with van der Waals surface area (Å²) in [6, 6.07) is 0. The number of nitrogens with one attached hydrogen (secondary N) is 3. The molecule has 0 radical (unpaired) electrons. The number of piperazine rings is 1. The van der Waals surface area contributed by atoms with Crippen LogP contribution < -0.4 is 15.1 Å². The molecule has 0 aliphatic carbocycles. The smallest absolute Gasteiger partial charge is 0.281 e. The fraction of sp³-hybridized carbons (Fsp3) is 0.600. The number of hydrogen-bond acceptors (Lipinski definition) is 3. The number of rotatable bonds is 3. The topological polar surface area (TPSA) is 50.9 Å². The second-order valence-corrected chi connectivity index (χ2v) is 5.16. The highest BCUT2D eigenvalue weighted by Crippen LogP contribution is 2.09. The summed E-state index contributed by atoms with van der Waals surface area (Å²) in [5.41, 5.74) is 0. The Kier molecular flexibility index (Phi) is 3.87. The number of likely N-dealkylation sites (N-methyl/N-ethyl adjacent to an activating group) is 1. The van der Waals surface area contributed by atoms with Gasteiger partial charge in [0.2, 0.25) is 0 Å². The van der Waals surface area contributed by atoms with E-state index in [0.29, 0.717) is 11.7 Å². The molecule has 5 nitrogen and oxygen atoms in total. The van der Waals surface area contributed by atoms with E-state index in [0.717, 1.165) is 26.2 Å². The van der Waals surface area contributed by atoms with Crippen molar-refractivity contribution in [1.82, 2.24) is 4.98 Å². The molecule has 3 N–H and O–H groups in total. The molecule has 0 atom stereocenters. The number of nitrogens with zero attached hydrogens (tertiary/aromatic N) is 1. The number of carbonyl (C=O) groups is 1. The van der Waals surface area contributed by atoms with Gasteiger partial charge in [-0.2, -0.15) is 0 Å². The zero-order chi connectivity index (χ0) is 11.4. The molecule has 0 aromatic carbocycles. The Bertz CT molecular complexity index is 333. The molecule has 6 heteroatoms. The van der Waals surface area contributed by atoms with Crippen molar-refractivity contribution in [1.29, 1.82) is 0 Å². The minimum atomic E-state index is 0.0736. The van der Waals surface area contributed by atoms with Gasteiger partial charge in [-0.15, -0.1) is 11.3 Å². The minimum absolute atomic E-state index is 0.0736. The monoisotopic (exact) mass is 242 g/mol.